The highest BCUT2D eigenvalue weighted by molar-refractivity contribution is 5.75. The standard InChI is InChI=1S/C16H19N3O2/c1-12-3-2-4-14(19-12)10-18-9-13-5-7-15(8-6-13)21-11-16(17)20/h2-8,18H,9-11H2,1H3,(H2,17,20). The van der Waals surface area contributed by atoms with E-state index in [2.05, 4.69) is 10.3 Å². The van der Waals surface area contributed by atoms with Gasteiger partial charge in [0.05, 0.1) is 5.69 Å². The summed E-state index contributed by atoms with van der Waals surface area (Å²) in [7, 11) is 0. The van der Waals surface area contributed by atoms with E-state index in [0.29, 0.717) is 5.75 Å². The normalized spacial score (nSPS) is 10.3. The number of amides is 1. The number of ether oxygens (including phenoxy) is 1. The van der Waals surface area contributed by atoms with Gasteiger partial charge in [-0.05, 0) is 36.8 Å². The molecule has 110 valence electrons. The van der Waals surface area contributed by atoms with Crippen molar-refractivity contribution < 1.29 is 9.53 Å². The van der Waals surface area contributed by atoms with Crippen LogP contribution in [-0.2, 0) is 17.9 Å². The van der Waals surface area contributed by atoms with E-state index in [-0.39, 0.29) is 6.61 Å². The molecule has 0 saturated heterocycles. The maximum atomic E-state index is 10.6. The molecule has 3 N–H and O–H groups in total. The van der Waals surface area contributed by atoms with E-state index in [1.165, 1.54) is 0 Å². The zero-order valence-electron chi connectivity index (χ0n) is 12.0. The monoisotopic (exact) mass is 285 g/mol. The largest absolute Gasteiger partial charge is 0.484 e. The van der Waals surface area contributed by atoms with Crippen molar-refractivity contribution in [2.24, 2.45) is 5.73 Å². The van der Waals surface area contributed by atoms with Crippen LogP contribution in [0.5, 0.6) is 5.75 Å². The van der Waals surface area contributed by atoms with Crippen LogP contribution in [0.15, 0.2) is 42.5 Å². The van der Waals surface area contributed by atoms with Crippen LogP contribution in [0.25, 0.3) is 0 Å². The van der Waals surface area contributed by atoms with Crippen molar-refractivity contribution >= 4 is 5.91 Å². The summed E-state index contributed by atoms with van der Waals surface area (Å²) in [6, 6.07) is 13.5. The van der Waals surface area contributed by atoms with E-state index >= 15 is 0 Å². The number of nitrogens with zero attached hydrogens (tertiary/aromatic N) is 1. The third-order valence-electron chi connectivity index (χ3n) is 2.89. The van der Waals surface area contributed by atoms with E-state index in [1.54, 1.807) is 0 Å². The molecular weight excluding hydrogens is 266 g/mol. The van der Waals surface area contributed by atoms with Crippen LogP contribution in [0.2, 0.25) is 0 Å². The van der Waals surface area contributed by atoms with Gasteiger partial charge < -0.3 is 15.8 Å². The van der Waals surface area contributed by atoms with Crippen molar-refractivity contribution in [3.63, 3.8) is 0 Å². The smallest absolute Gasteiger partial charge is 0.255 e. The molecule has 1 aromatic carbocycles. The van der Waals surface area contributed by atoms with Crippen LogP contribution in [0, 0.1) is 6.92 Å². The molecule has 5 nitrogen and oxygen atoms in total. The summed E-state index contributed by atoms with van der Waals surface area (Å²) in [5, 5.41) is 3.34. The van der Waals surface area contributed by atoms with Gasteiger partial charge in [0.2, 0.25) is 0 Å². The highest BCUT2D eigenvalue weighted by Gasteiger charge is 1.99. The lowest BCUT2D eigenvalue weighted by atomic mass is 10.2. The molecule has 0 radical (unpaired) electrons. The lowest BCUT2D eigenvalue weighted by molar-refractivity contribution is -0.119. The maximum Gasteiger partial charge on any atom is 0.255 e. The summed E-state index contributed by atoms with van der Waals surface area (Å²) < 4.78 is 5.20. The molecule has 5 heteroatoms. The fourth-order valence-corrected chi connectivity index (χ4v) is 1.89. The first-order chi connectivity index (χ1) is 10.1. The molecule has 1 amide bonds. The number of hydrogen-bond donors (Lipinski definition) is 2. The minimum atomic E-state index is -0.480. The van der Waals surface area contributed by atoms with Crippen LogP contribution < -0.4 is 15.8 Å². The van der Waals surface area contributed by atoms with Crippen molar-refractivity contribution in [1.29, 1.82) is 0 Å². The molecular formula is C16H19N3O2. The number of primary amides is 1. The highest BCUT2D eigenvalue weighted by atomic mass is 16.5. The van der Waals surface area contributed by atoms with Gasteiger partial charge in [0.15, 0.2) is 6.61 Å². The minimum Gasteiger partial charge on any atom is -0.484 e. The highest BCUT2D eigenvalue weighted by Crippen LogP contribution is 2.12. The second kappa shape index (κ2) is 7.40. The predicted octanol–water partition coefficient (Wildman–Crippen LogP) is 1.54. The molecule has 1 heterocycles. The zero-order chi connectivity index (χ0) is 15.1. The van der Waals surface area contributed by atoms with Gasteiger partial charge in [0, 0.05) is 18.8 Å². The summed E-state index contributed by atoms with van der Waals surface area (Å²) in [4.78, 5) is 15.1. The van der Waals surface area contributed by atoms with Gasteiger partial charge >= 0.3 is 0 Å². The van der Waals surface area contributed by atoms with Gasteiger partial charge in [-0.2, -0.15) is 0 Å². The summed E-state index contributed by atoms with van der Waals surface area (Å²) in [6.07, 6.45) is 0. The third kappa shape index (κ3) is 5.24. The molecule has 0 spiro atoms. The Morgan fingerprint density at radius 2 is 1.95 bits per heavy atom. The SMILES string of the molecule is Cc1cccc(CNCc2ccc(OCC(N)=O)cc2)n1. The fraction of sp³-hybridized carbons (Fsp3) is 0.250. The van der Waals surface area contributed by atoms with Crippen LogP contribution in [0.1, 0.15) is 17.0 Å². The lowest BCUT2D eigenvalue weighted by Crippen LogP contribution is -2.20. The number of nitrogens with one attached hydrogen (secondary N) is 1. The fourth-order valence-electron chi connectivity index (χ4n) is 1.89. The molecule has 1 aromatic heterocycles. The molecule has 0 unspecified atom stereocenters. The van der Waals surface area contributed by atoms with Crippen LogP contribution in [0.3, 0.4) is 0 Å². The van der Waals surface area contributed by atoms with Gasteiger partial charge in [-0.15, -0.1) is 0 Å². The molecule has 21 heavy (non-hydrogen) atoms. The topological polar surface area (TPSA) is 77.2 Å². The number of pyridine rings is 1. The Labute approximate surface area is 124 Å². The number of hydrogen-bond acceptors (Lipinski definition) is 4. The Morgan fingerprint density at radius 1 is 1.19 bits per heavy atom. The molecule has 0 saturated carbocycles. The van der Waals surface area contributed by atoms with Gasteiger partial charge in [0.25, 0.3) is 5.91 Å². The van der Waals surface area contributed by atoms with Gasteiger partial charge in [-0.1, -0.05) is 18.2 Å². The van der Waals surface area contributed by atoms with Crippen molar-refractivity contribution in [2.75, 3.05) is 6.61 Å². The Balaban J connectivity index is 1.79. The molecule has 0 aliphatic carbocycles. The molecule has 0 fully saturated rings. The van der Waals surface area contributed by atoms with Crippen molar-refractivity contribution in [2.45, 2.75) is 20.0 Å². The molecule has 0 aliphatic rings. The Hall–Kier alpha value is -2.40. The average molecular weight is 285 g/mol. The predicted molar refractivity (Wildman–Crippen MR) is 80.6 cm³/mol. The van der Waals surface area contributed by atoms with Crippen molar-refractivity contribution in [1.82, 2.24) is 10.3 Å². The van der Waals surface area contributed by atoms with E-state index < -0.39 is 5.91 Å². The summed E-state index contributed by atoms with van der Waals surface area (Å²) in [5.74, 6) is 0.157. The second-order valence-corrected chi connectivity index (χ2v) is 4.77. The zero-order valence-corrected chi connectivity index (χ0v) is 12.0. The molecule has 2 aromatic rings. The van der Waals surface area contributed by atoms with E-state index in [4.69, 9.17) is 10.5 Å². The molecule has 0 atom stereocenters. The minimum absolute atomic E-state index is 0.101. The van der Waals surface area contributed by atoms with Gasteiger partial charge in [0.1, 0.15) is 5.75 Å². The van der Waals surface area contributed by atoms with Gasteiger partial charge in [-0.3, -0.25) is 9.78 Å². The Morgan fingerprint density at radius 3 is 2.62 bits per heavy atom. The molecule has 0 bridgehead atoms. The number of rotatable bonds is 7. The number of carbonyl (C=O) groups excluding carboxylic acids is 1. The number of aromatic nitrogens is 1. The van der Waals surface area contributed by atoms with E-state index in [9.17, 15) is 4.79 Å². The lowest BCUT2D eigenvalue weighted by Gasteiger charge is -2.07. The second-order valence-electron chi connectivity index (χ2n) is 4.77. The first kappa shape index (κ1) is 15.0. The van der Waals surface area contributed by atoms with Crippen LogP contribution in [-0.4, -0.2) is 17.5 Å². The van der Waals surface area contributed by atoms with E-state index in [1.807, 2.05) is 49.4 Å². The Bertz CT molecular complexity index is 597. The average Bonchev–Trinajstić information content (AvgIpc) is 2.46. The first-order valence-electron chi connectivity index (χ1n) is 6.77. The first-order valence-corrected chi connectivity index (χ1v) is 6.77. The summed E-state index contributed by atoms with van der Waals surface area (Å²) in [5.41, 5.74) is 8.20. The third-order valence-corrected chi connectivity index (χ3v) is 2.89. The number of nitrogens with two attached hydrogens (primary N) is 1. The van der Waals surface area contributed by atoms with Gasteiger partial charge in [-0.25, -0.2) is 0 Å². The Kier molecular flexibility index (Phi) is 5.29. The maximum absolute atomic E-state index is 10.6. The quantitative estimate of drug-likeness (QED) is 0.809. The number of carbonyl (C=O) groups is 1. The number of aryl methyl sites for hydroxylation is 1. The van der Waals surface area contributed by atoms with Crippen LogP contribution >= 0.6 is 0 Å². The molecule has 2 rings (SSSR count). The molecule has 0 aliphatic heterocycles. The summed E-state index contributed by atoms with van der Waals surface area (Å²) in [6.45, 7) is 3.35. The van der Waals surface area contributed by atoms with E-state index in [0.717, 1.165) is 30.0 Å². The number of benzene rings is 1. The van der Waals surface area contributed by atoms with Crippen molar-refractivity contribution in [3.05, 3.63) is 59.4 Å². The summed E-state index contributed by atoms with van der Waals surface area (Å²) >= 11 is 0. The van der Waals surface area contributed by atoms with Crippen LogP contribution in [0.4, 0.5) is 0 Å². The van der Waals surface area contributed by atoms with Crippen molar-refractivity contribution in [3.8, 4) is 5.75 Å².